The second-order valence-corrected chi connectivity index (χ2v) is 5.32. The first-order valence-electron chi connectivity index (χ1n) is 7.17. The number of fused-ring (bicyclic) bond motifs is 1. The van der Waals surface area contributed by atoms with Crippen molar-refractivity contribution in [3.05, 3.63) is 36.0 Å². The molecule has 20 heavy (non-hydrogen) atoms. The minimum atomic E-state index is 0.00630. The summed E-state index contributed by atoms with van der Waals surface area (Å²) in [5.74, 6) is 0.00630. The summed E-state index contributed by atoms with van der Waals surface area (Å²) < 4.78 is 0. The topological polar surface area (TPSA) is 59.2 Å². The van der Waals surface area contributed by atoms with Crippen LogP contribution in [0.2, 0.25) is 0 Å². The highest BCUT2D eigenvalue weighted by Gasteiger charge is 2.29. The van der Waals surface area contributed by atoms with Crippen molar-refractivity contribution < 1.29 is 4.79 Å². The third kappa shape index (κ3) is 2.11. The standard InChI is InChI=1S/C16H19N3O/c1-2-11-6-5-9-19(11)16(20)15-10-13(17)12-7-3-4-8-14(12)18-15/h3-4,7-8,10-11H,2,5-6,9H2,1H3,(H2,17,18). The van der Waals surface area contributed by atoms with Crippen LogP contribution >= 0.6 is 0 Å². The molecule has 2 heterocycles. The van der Waals surface area contributed by atoms with Crippen LogP contribution in [0.15, 0.2) is 30.3 Å². The van der Waals surface area contributed by atoms with E-state index in [0.29, 0.717) is 17.4 Å². The minimum absolute atomic E-state index is 0.00630. The molecule has 1 fully saturated rings. The minimum Gasteiger partial charge on any atom is -0.398 e. The van der Waals surface area contributed by atoms with Gasteiger partial charge in [0.15, 0.2) is 0 Å². The number of anilines is 1. The zero-order chi connectivity index (χ0) is 14.1. The van der Waals surface area contributed by atoms with Crippen LogP contribution in [0.4, 0.5) is 5.69 Å². The highest BCUT2D eigenvalue weighted by molar-refractivity contribution is 5.99. The van der Waals surface area contributed by atoms with Gasteiger partial charge in [0.2, 0.25) is 0 Å². The van der Waals surface area contributed by atoms with Gasteiger partial charge >= 0.3 is 0 Å². The lowest BCUT2D eigenvalue weighted by Crippen LogP contribution is -2.35. The first kappa shape index (κ1) is 12.9. The van der Waals surface area contributed by atoms with Gasteiger partial charge in [0.25, 0.3) is 5.91 Å². The Bertz CT molecular complexity index is 653. The zero-order valence-corrected chi connectivity index (χ0v) is 11.7. The van der Waals surface area contributed by atoms with Gasteiger partial charge in [-0.15, -0.1) is 0 Å². The van der Waals surface area contributed by atoms with E-state index in [1.54, 1.807) is 6.07 Å². The summed E-state index contributed by atoms with van der Waals surface area (Å²) in [6, 6.07) is 9.70. The van der Waals surface area contributed by atoms with E-state index in [1.165, 1.54) is 0 Å². The lowest BCUT2D eigenvalue weighted by atomic mass is 10.1. The van der Waals surface area contributed by atoms with Gasteiger partial charge in [-0.25, -0.2) is 4.98 Å². The maximum Gasteiger partial charge on any atom is 0.272 e. The molecule has 0 saturated carbocycles. The van der Waals surface area contributed by atoms with Crippen LogP contribution in [0.5, 0.6) is 0 Å². The molecule has 4 heteroatoms. The maximum absolute atomic E-state index is 12.6. The average Bonchev–Trinajstić information content (AvgIpc) is 2.95. The van der Waals surface area contributed by atoms with Gasteiger partial charge < -0.3 is 10.6 Å². The van der Waals surface area contributed by atoms with Gasteiger partial charge in [-0.05, 0) is 31.4 Å². The number of aromatic nitrogens is 1. The van der Waals surface area contributed by atoms with E-state index in [-0.39, 0.29) is 5.91 Å². The number of nitrogens with zero attached hydrogens (tertiary/aromatic N) is 2. The third-order valence-corrected chi connectivity index (χ3v) is 4.08. The summed E-state index contributed by atoms with van der Waals surface area (Å²) in [7, 11) is 0. The van der Waals surface area contributed by atoms with Crippen LogP contribution in [-0.4, -0.2) is 28.4 Å². The molecule has 1 atom stereocenters. The fourth-order valence-corrected chi connectivity index (χ4v) is 2.99. The van der Waals surface area contributed by atoms with Crippen molar-refractivity contribution in [3.8, 4) is 0 Å². The van der Waals surface area contributed by atoms with E-state index in [2.05, 4.69) is 11.9 Å². The van der Waals surface area contributed by atoms with E-state index < -0.39 is 0 Å². The lowest BCUT2D eigenvalue weighted by molar-refractivity contribution is 0.0728. The third-order valence-electron chi connectivity index (χ3n) is 4.08. The van der Waals surface area contributed by atoms with Gasteiger partial charge in [0, 0.05) is 23.7 Å². The second kappa shape index (κ2) is 5.12. The molecule has 104 valence electrons. The molecule has 0 radical (unpaired) electrons. The van der Waals surface area contributed by atoms with Crippen LogP contribution < -0.4 is 5.73 Å². The van der Waals surface area contributed by atoms with Crippen LogP contribution in [-0.2, 0) is 0 Å². The molecule has 2 N–H and O–H groups in total. The summed E-state index contributed by atoms with van der Waals surface area (Å²) in [6.07, 6.45) is 3.16. The zero-order valence-electron chi connectivity index (χ0n) is 11.7. The molecular weight excluding hydrogens is 250 g/mol. The molecular formula is C16H19N3O. The number of pyridine rings is 1. The number of hydrogen-bond donors (Lipinski definition) is 1. The molecule has 3 rings (SSSR count). The molecule has 1 aromatic carbocycles. The van der Waals surface area contributed by atoms with E-state index in [9.17, 15) is 4.79 Å². The molecule has 1 unspecified atom stereocenters. The molecule has 2 aromatic rings. The van der Waals surface area contributed by atoms with Crippen molar-refractivity contribution in [1.29, 1.82) is 0 Å². The highest BCUT2D eigenvalue weighted by Crippen LogP contribution is 2.25. The second-order valence-electron chi connectivity index (χ2n) is 5.32. The van der Waals surface area contributed by atoms with Crippen LogP contribution in [0.3, 0.4) is 0 Å². The first-order valence-corrected chi connectivity index (χ1v) is 7.17. The summed E-state index contributed by atoms with van der Waals surface area (Å²) in [6.45, 7) is 2.95. The van der Waals surface area contributed by atoms with E-state index >= 15 is 0 Å². The van der Waals surface area contributed by atoms with Crippen molar-refractivity contribution in [1.82, 2.24) is 9.88 Å². The quantitative estimate of drug-likeness (QED) is 0.912. The smallest absolute Gasteiger partial charge is 0.272 e. The number of likely N-dealkylation sites (tertiary alicyclic amines) is 1. The van der Waals surface area contributed by atoms with Crippen LogP contribution in [0.1, 0.15) is 36.7 Å². The molecule has 1 aromatic heterocycles. The van der Waals surface area contributed by atoms with E-state index in [1.807, 2.05) is 29.2 Å². The number of nitrogen functional groups attached to an aromatic ring is 1. The molecule has 4 nitrogen and oxygen atoms in total. The Morgan fingerprint density at radius 1 is 1.45 bits per heavy atom. The van der Waals surface area contributed by atoms with Gasteiger partial charge in [0.05, 0.1) is 5.52 Å². The van der Waals surface area contributed by atoms with E-state index in [0.717, 1.165) is 36.7 Å². The largest absolute Gasteiger partial charge is 0.398 e. The van der Waals surface area contributed by atoms with Crippen molar-refractivity contribution in [3.63, 3.8) is 0 Å². The number of carbonyl (C=O) groups is 1. The first-order chi connectivity index (χ1) is 9.70. The monoisotopic (exact) mass is 269 g/mol. The molecule has 0 spiro atoms. The Kier molecular flexibility index (Phi) is 3.30. The fraction of sp³-hybridized carbons (Fsp3) is 0.375. The van der Waals surface area contributed by atoms with Crippen molar-refractivity contribution >= 4 is 22.5 Å². The summed E-state index contributed by atoms with van der Waals surface area (Å²) >= 11 is 0. The summed E-state index contributed by atoms with van der Waals surface area (Å²) in [4.78, 5) is 19.0. The van der Waals surface area contributed by atoms with Gasteiger partial charge in [-0.3, -0.25) is 4.79 Å². The molecule has 1 aliphatic rings. The van der Waals surface area contributed by atoms with Gasteiger partial charge in [-0.2, -0.15) is 0 Å². The number of carbonyl (C=O) groups excluding carboxylic acids is 1. The molecule has 1 saturated heterocycles. The van der Waals surface area contributed by atoms with Crippen molar-refractivity contribution in [2.75, 3.05) is 12.3 Å². The highest BCUT2D eigenvalue weighted by atomic mass is 16.2. The fourth-order valence-electron chi connectivity index (χ4n) is 2.99. The molecule has 0 bridgehead atoms. The Labute approximate surface area is 118 Å². The lowest BCUT2D eigenvalue weighted by Gasteiger charge is -2.23. The molecule has 1 aliphatic heterocycles. The number of benzene rings is 1. The Hall–Kier alpha value is -2.10. The molecule has 0 aliphatic carbocycles. The van der Waals surface area contributed by atoms with Crippen molar-refractivity contribution in [2.45, 2.75) is 32.2 Å². The Morgan fingerprint density at radius 3 is 3.05 bits per heavy atom. The summed E-state index contributed by atoms with van der Waals surface area (Å²) in [5.41, 5.74) is 7.91. The predicted molar refractivity (Wildman–Crippen MR) is 80.5 cm³/mol. The predicted octanol–water partition coefficient (Wildman–Crippen LogP) is 2.83. The number of rotatable bonds is 2. The van der Waals surface area contributed by atoms with Gasteiger partial charge in [-0.1, -0.05) is 25.1 Å². The van der Waals surface area contributed by atoms with Crippen LogP contribution in [0, 0.1) is 0 Å². The van der Waals surface area contributed by atoms with E-state index in [4.69, 9.17) is 5.73 Å². The van der Waals surface area contributed by atoms with Crippen LogP contribution in [0.25, 0.3) is 10.9 Å². The number of nitrogens with two attached hydrogens (primary N) is 1. The SMILES string of the molecule is CCC1CCCN1C(=O)c1cc(N)c2ccccc2n1. The van der Waals surface area contributed by atoms with Gasteiger partial charge in [0.1, 0.15) is 5.69 Å². The molecule has 1 amide bonds. The maximum atomic E-state index is 12.6. The Morgan fingerprint density at radius 2 is 2.25 bits per heavy atom. The van der Waals surface area contributed by atoms with Crippen molar-refractivity contribution in [2.24, 2.45) is 0 Å². The normalized spacial score (nSPS) is 18.6. The Balaban J connectivity index is 1.99. The summed E-state index contributed by atoms with van der Waals surface area (Å²) in [5, 5.41) is 0.900. The average molecular weight is 269 g/mol. The number of hydrogen-bond acceptors (Lipinski definition) is 3. The number of amides is 1. The number of para-hydroxylation sites is 1.